The van der Waals surface area contributed by atoms with E-state index in [1.165, 1.54) is 70.6 Å². The largest absolute Gasteiger partial charge is 0.455 e. The van der Waals surface area contributed by atoms with Gasteiger partial charge >= 0.3 is 5.97 Å². The van der Waals surface area contributed by atoms with Crippen molar-refractivity contribution in [2.24, 2.45) is 5.92 Å². The van der Waals surface area contributed by atoms with Gasteiger partial charge < -0.3 is 9.84 Å². The molecule has 4 nitrogen and oxygen atoms in total. The van der Waals surface area contributed by atoms with Crippen LogP contribution in [0.25, 0.3) is 0 Å². The maximum Gasteiger partial charge on any atom is 0.335 e. The average molecular weight is 417 g/mol. The Kier molecular flexibility index (Phi) is 12.4. The van der Waals surface area contributed by atoms with Crippen LogP contribution in [-0.4, -0.2) is 29.6 Å². The van der Waals surface area contributed by atoms with Gasteiger partial charge in [0.1, 0.15) is 0 Å². The molecule has 0 heterocycles. The zero-order valence-corrected chi connectivity index (χ0v) is 18.5. The second kappa shape index (κ2) is 15.2. The van der Waals surface area contributed by atoms with E-state index in [1.807, 2.05) is 6.07 Å². The maximum atomic E-state index is 11.9. The number of carbonyl (C=O) groups is 2. The highest BCUT2D eigenvalue weighted by molar-refractivity contribution is 5.98. The SMILES string of the molecule is O=C(COC(=O)[C@@H](O)CCCCCCCCCC1CCCCCC1)c1ccccc1. The van der Waals surface area contributed by atoms with Gasteiger partial charge in [0.25, 0.3) is 0 Å². The van der Waals surface area contributed by atoms with Crippen molar-refractivity contribution in [3.05, 3.63) is 35.9 Å². The number of hydrogen-bond acceptors (Lipinski definition) is 4. The van der Waals surface area contributed by atoms with Crippen molar-refractivity contribution in [2.45, 2.75) is 102 Å². The van der Waals surface area contributed by atoms with Gasteiger partial charge in [-0.15, -0.1) is 0 Å². The van der Waals surface area contributed by atoms with Crippen molar-refractivity contribution < 1.29 is 19.4 Å². The van der Waals surface area contributed by atoms with Crippen LogP contribution in [0.15, 0.2) is 30.3 Å². The van der Waals surface area contributed by atoms with E-state index in [-0.39, 0.29) is 12.4 Å². The number of aliphatic hydroxyl groups excluding tert-OH is 1. The van der Waals surface area contributed by atoms with Crippen molar-refractivity contribution in [3.8, 4) is 0 Å². The molecule has 0 radical (unpaired) electrons. The molecule has 0 aliphatic heterocycles. The molecule has 1 atom stereocenters. The molecule has 1 aromatic rings. The number of Topliss-reactive ketones (excluding diaryl/α,β-unsaturated/α-hetero) is 1. The normalized spacial score (nSPS) is 16.0. The summed E-state index contributed by atoms with van der Waals surface area (Å²) in [5.41, 5.74) is 0.508. The zero-order chi connectivity index (χ0) is 21.4. The van der Waals surface area contributed by atoms with E-state index in [0.29, 0.717) is 12.0 Å². The summed E-state index contributed by atoms with van der Waals surface area (Å²) in [5.74, 6) is 0.0321. The van der Waals surface area contributed by atoms with Crippen molar-refractivity contribution in [1.29, 1.82) is 0 Å². The monoisotopic (exact) mass is 416 g/mol. The summed E-state index contributed by atoms with van der Waals surface area (Å²) in [6, 6.07) is 8.72. The minimum Gasteiger partial charge on any atom is -0.455 e. The number of hydrogen-bond donors (Lipinski definition) is 1. The highest BCUT2D eigenvalue weighted by Gasteiger charge is 2.18. The summed E-state index contributed by atoms with van der Waals surface area (Å²) in [6.45, 7) is -0.319. The Morgan fingerprint density at radius 2 is 1.47 bits per heavy atom. The lowest BCUT2D eigenvalue weighted by atomic mass is 9.93. The number of aliphatic hydroxyl groups is 1. The smallest absolute Gasteiger partial charge is 0.335 e. The lowest BCUT2D eigenvalue weighted by Gasteiger charge is -2.13. The van der Waals surface area contributed by atoms with Crippen LogP contribution in [0.1, 0.15) is 107 Å². The van der Waals surface area contributed by atoms with Crippen molar-refractivity contribution in [3.63, 3.8) is 0 Å². The van der Waals surface area contributed by atoms with Crippen LogP contribution >= 0.6 is 0 Å². The van der Waals surface area contributed by atoms with Crippen molar-refractivity contribution in [1.82, 2.24) is 0 Å². The summed E-state index contributed by atoms with van der Waals surface area (Å²) >= 11 is 0. The predicted octanol–water partition coefficient (Wildman–Crippen LogP) is 6.25. The van der Waals surface area contributed by atoms with Crippen LogP contribution in [0.5, 0.6) is 0 Å². The number of rotatable bonds is 14. The first-order valence-electron chi connectivity index (χ1n) is 12.1. The number of ketones is 1. The Morgan fingerprint density at radius 1 is 0.867 bits per heavy atom. The zero-order valence-electron chi connectivity index (χ0n) is 18.5. The molecule has 0 amide bonds. The van der Waals surface area contributed by atoms with Crippen LogP contribution in [0.3, 0.4) is 0 Å². The van der Waals surface area contributed by atoms with Gasteiger partial charge in [0, 0.05) is 5.56 Å². The average Bonchev–Trinajstić information content (AvgIpc) is 3.05. The Morgan fingerprint density at radius 3 is 2.13 bits per heavy atom. The van der Waals surface area contributed by atoms with Gasteiger partial charge in [-0.3, -0.25) is 4.79 Å². The Balaban J connectivity index is 1.42. The number of unbranched alkanes of at least 4 members (excludes halogenated alkanes) is 6. The van der Waals surface area contributed by atoms with E-state index in [2.05, 4.69) is 0 Å². The number of benzene rings is 1. The van der Waals surface area contributed by atoms with Gasteiger partial charge in [0.2, 0.25) is 0 Å². The molecule has 0 bridgehead atoms. The Labute approximate surface area is 182 Å². The molecule has 4 heteroatoms. The van der Waals surface area contributed by atoms with Gasteiger partial charge in [0.15, 0.2) is 18.5 Å². The molecule has 1 saturated carbocycles. The van der Waals surface area contributed by atoms with E-state index in [1.54, 1.807) is 24.3 Å². The van der Waals surface area contributed by atoms with E-state index < -0.39 is 12.1 Å². The first-order valence-corrected chi connectivity index (χ1v) is 12.1. The molecular weight excluding hydrogens is 376 g/mol. The van der Waals surface area contributed by atoms with Crippen LogP contribution in [0, 0.1) is 5.92 Å². The minimum absolute atomic E-state index is 0.254. The first-order chi connectivity index (χ1) is 14.7. The van der Waals surface area contributed by atoms with Crippen LogP contribution in [0.2, 0.25) is 0 Å². The van der Waals surface area contributed by atoms with Crippen LogP contribution < -0.4 is 0 Å². The molecule has 0 aromatic heterocycles. The molecule has 1 fully saturated rings. The fraction of sp³-hybridized carbons (Fsp3) is 0.692. The molecule has 2 rings (SSSR count). The third-order valence-electron chi connectivity index (χ3n) is 6.28. The lowest BCUT2D eigenvalue weighted by molar-refractivity contribution is -0.152. The van der Waals surface area contributed by atoms with Crippen LogP contribution in [0.4, 0.5) is 0 Å². The number of ether oxygens (including phenoxy) is 1. The van der Waals surface area contributed by atoms with E-state index in [4.69, 9.17) is 4.74 Å². The van der Waals surface area contributed by atoms with Crippen LogP contribution in [-0.2, 0) is 9.53 Å². The quantitative estimate of drug-likeness (QED) is 0.168. The van der Waals surface area contributed by atoms with E-state index >= 15 is 0 Å². The first kappa shape index (κ1) is 24.6. The summed E-state index contributed by atoms with van der Waals surface area (Å²) in [6.07, 6.45) is 17.6. The summed E-state index contributed by atoms with van der Waals surface area (Å²) in [7, 11) is 0. The fourth-order valence-corrected chi connectivity index (χ4v) is 4.37. The number of carbonyl (C=O) groups excluding carboxylic acids is 2. The molecule has 30 heavy (non-hydrogen) atoms. The summed E-state index contributed by atoms with van der Waals surface area (Å²) < 4.78 is 4.96. The molecule has 0 saturated heterocycles. The second-order valence-electron chi connectivity index (χ2n) is 8.82. The highest BCUT2D eigenvalue weighted by Crippen LogP contribution is 2.27. The molecule has 0 spiro atoms. The predicted molar refractivity (Wildman–Crippen MR) is 120 cm³/mol. The topological polar surface area (TPSA) is 63.6 Å². The van der Waals surface area contributed by atoms with Gasteiger partial charge in [0.05, 0.1) is 0 Å². The number of esters is 1. The Bertz CT molecular complexity index is 590. The van der Waals surface area contributed by atoms with Gasteiger partial charge in [-0.25, -0.2) is 4.79 Å². The van der Waals surface area contributed by atoms with E-state index in [9.17, 15) is 14.7 Å². The third-order valence-corrected chi connectivity index (χ3v) is 6.28. The minimum atomic E-state index is -1.13. The Hall–Kier alpha value is -1.68. The lowest BCUT2D eigenvalue weighted by Crippen LogP contribution is -2.25. The third kappa shape index (κ3) is 10.4. The highest BCUT2D eigenvalue weighted by atomic mass is 16.5. The summed E-state index contributed by atoms with van der Waals surface area (Å²) in [4.78, 5) is 23.8. The van der Waals surface area contributed by atoms with Crippen molar-refractivity contribution >= 4 is 11.8 Å². The van der Waals surface area contributed by atoms with Gasteiger partial charge in [-0.2, -0.15) is 0 Å². The fourth-order valence-electron chi connectivity index (χ4n) is 4.37. The maximum absolute atomic E-state index is 11.9. The molecule has 1 N–H and O–H groups in total. The van der Waals surface area contributed by atoms with E-state index in [0.717, 1.165) is 25.2 Å². The molecular formula is C26H40O4. The molecule has 0 unspecified atom stereocenters. The molecule has 168 valence electrons. The molecule has 1 aliphatic rings. The van der Waals surface area contributed by atoms with Crippen molar-refractivity contribution in [2.75, 3.05) is 6.61 Å². The van der Waals surface area contributed by atoms with Gasteiger partial charge in [-0.05, 0) is 12.3 Å². The summed E-state index contributed by atoms with van der Waals surface area (Å²) in [5, 5.41) is 9.93. The standard InChI is InChI=1S/C26H40O4/c27-24(26(29)30-21-25(28)23-18-12-8-13-19-23)20-14-5-3-1-2-4-9-15-22-16-10-6-7-11-17-22/h8,12-13,18-19,22,24,27H,1-7,9-11,14-17,20-21H2/t24-/m0/s1. The van der Waals surface area contributed by atoms with Gasteiger partial charge in [-0.1, -0.05) is 120 Å². The second-order valence-corrected chi connectivity index (χ2v) is 8.82. The molecule has 1 aromatic carbocycles. The molecule has 1 aliphatic carbocycles.